The molecule has 2 amide bonds. The fraction of sp³-hybridized carbons (Fsp3) is 0.448. The Kier molecular flexibility index (Phi) is 11.6. The normalized spacial score (nSPS) is 16.7. The van der Waals surface area contributed by atoms with E-state index in [-0.39, 0.29) is 30.1 Å². The van der Waals surface area contributed by atoms with E-state index in [1.54, 1.807) is 4.90 Å². The first kappa shape index (κ1) is 30.6. The molecule has 2 aromatic rings. The molecule has 38 heavy (non-hydrogen) atoms. The molecule has 3 rings (SSSR count). The summed E-state index contributed by atoms with van der Waals surface area (Å²) in [5.41, 5.74) is 1.57. The number of benzene rings is 2. The summed E-state index contributed by atoms with van der Waals surface area (Å²) in [6, 6.07) is 12.1. The van der Waals surface area contributed by atoms with Gasteiger partial charge in [0.15, 0.2) is 11.6 Å². The average molecular weight is 530 g/mol. The van der Waals surface area contributed by atoms with E-state index in [1.165, 1.54) is 17.7 Å². The Balaban J connectivity index is 0.000000550. The highest BCUT2D eigenvalue weighted by Gasteiger charge is 2.47. The zero-order chi connectivity index (χ0) is 28.3. The molecule has 2 aromatic carbocycles. The maximum absolute atomic E-state index is 14.5. The SMILES string of the molecule is CCCC1(CC(C)C)N=C(c2cccc(F)c2F)C(=O)N1CCc1ccc(C)cc1.O=CNCCC(=O)O. The summed E-state index contributed by atoms with van der Waals surface area (Å²) in [6.07, 6.45) is 3.35. The van der Waals surface area contributed by atoms with E-state index in [1.807, 2.05) is 6.92 Å². The largest absolute Gasteiger partial charge is 0.481 e. The van der Waals surface area contributed by atoms with Crippen molar-refractivity contribution < 1.29 is 28.3 Å². The quantitative estimate of drug-likeness (QED) is 0.302. The number of nitrogens with zero attached hydrogens (tertiary/aromatic N) is 2. The molecule has 9 heteroatoms. The van der Waals surface area contributed by atoms with Crippen molar-refractivity contribution in [1.82, 2.24) is 10.2 Å². The van der Waals surface area contributed by atoms with Crippen LogP contribution in [-0.4, -0.2) is 52.8 Å². The van der Waals surface area contributed by atoms with Gasteiger partial charge in [-0.2, -0.15) is 0 Å². The van der Waals surface area contributed by atoms with Crippen molar-refractivity contribution in [3.05, 3.63) is 70.8 Å². The minimum absolute atomic E-state index is 0.0151. The highest BCUT2D eigenvalue weighted by molar-refractivity contribution is 6.46. The number of aliphatic imine (C=N–C) groups is 1. The molecule has 1 unspecified atom stereocenters. The molecule has 1 atom stereocenters. The zero-order valence-corrected chi connectivity index (χ0v) is 22.5. The van der Waals surface area contributed by atoms with Crippen molar-refractivity contribution in [2.24, 2.45) is 10.9 Å². The van der Waals surface area contributed by atoms with Crippen molar-refractivity contribution in [1.29, 1.82) is 0 Å². The second-order valence-electron chi connectivity index (χ2n) is 9.80. The number of carboxylic acids is 1. The molecular formula is C29H37F2N3O4. The molecule has 0 saturated heterocycles. The van der Waals surface area contributed by atoms with E-state index in [2.05, 4.69) is 50.4 Å². The lowest BCUT2D eigenvalue weighted by Gasteiger charge is -2.38. The van der Waals surface area contributed by atoms with Gasteiger partial charge in [0.05, 0.1) is 6.42 Å². The number of halogens is 2. The average Bonchev–Trinajstić information content (AvgIpc) is 3.11. The van der Waals surface area contributed by atoms with Crippen LogP contribution in [0.2, 0.25) is 0 Å². The Hall–Kier alpha value is -3.62. The standard InChI is InChI=1S/C25H30F2N2O.C4H7NO3/c1-5-14-25(16-17(2)3)28-23(20-7-6-8-21(26)22(20)27)24(30)29(25)15-13-19-11-9-18(4)10-12-19;6-3-5-2-1-4(7)8/h6-12,17H,5,13-16H2,1-4H3;3H,1-2H2,(H,5,6)(H,7,8). The van der Waals surface area contributed by atoms with Crippen LogP contribution in [-0.2, 0) is 20.8 Å². The molecule has 0 radical (unpaired) electrons. The molecule has 2 N–H and O–H groups in total. The molecule has 0 saturated carbocycles. The van der Waals surface area contributed by atoms with Crippen molar-refractivity contribution >= 4 is 24.0 Å². The van der Waals surface area contributed by atoms with Crippen molar-refractivity contribution in [2.75, 3.05) is 13.1 Å². The Morgan fingerprint density at radius 3 is 2.45 bits per heavy atom. The third kappa shape index (κ3) is 8.19. The first-order valence-corrected chi connectivity index (χ1v) is 12.8. The van der Waals surface area contributed by atoms with Crippen molar-refractivity contribution in [3.8, 4) is 0 Å². The third-order valence-corrected chi connectivity index (χ3v) is 6.17. The lowest BCUT2D eigenvalue weighted by atomic mass is 9.92. The van der Waals surface area contributed by atoms with Gasteiger partial charge in [0.25, 0.3) is 5.91 Å². The molecule has 206 valence electrons. The molecule has 0 spiro atoms. The molecule has 0 bridgehead atoms. The first-order chi connectivity index (χ1) is 18.0. The zero-order valence-electron chi connectivity index (χ0n) is 22.5. The number of hydrogen-bond donors (Lipinski definition) is 2. The van der Waals surface area contributed by atoms with Crippen LogP contribution in [0.25, 0.3) is 0 Å². The molecule has 0 aliphatic carbocycles. The number of hydrogen-bond acceptors (Lipinski definition) is 4. The Bertz CT molecular complexity index is 1140. The van der Waals surface area contributed by atoms with Gasteiger partial charge in [0.1, 0.15) is 11.4 Å². The summed E-state index contributed by atoms with van der Waals surface area (Å²) in [7, 11) is 0. The summed E-state index contributed by atoms with van der Waals surface area (Å²) in [5, 5.41) is 10.2. The molecule has 0 fully saturated rings. The maximum Gasteiger partial charge on any atom is 0.305 e. The minimum atomic E-state index is -1.01. The lowest BCUT2D eigenvalue weighted by Crippen LogP contribution is -2.48. The number of rotatable bonds is 12. The van der Waals surface area contributed by atoms with E-state index in [0.29, 0.717) is 38.1 Å². The number of carbonyl (C=O) groups excluding carboxylic acids is 2. The van der Waals surface area contributed by atoms with Crippen LogP contribution in [0.15, 0.2) is 47.5 Å². The summed E-state index contributed by atoms with van der Waals surface area (Å²) < 4.78 is 28.4. The second kappa shape index (κ2) is 14.4. The van der Waals surface area contributed by atoms with E-state index in [4.69, 9.17) is 10.1 Å². The van der Waals surface area contributed by atoms with Gasteiger partial charge in [0.2, 0.25) is 6.41 Å². The van der Waals surface area contributed by atoms with E-state index < -0.39 is 23.3 Å². The number of aliphatic carboxylic acids is 1. The minimum Gasteiger partial charge on any atom is -0.481 e. The van der Waals surface area contributed by atoms with Gasteiger partial charge in [-0.1, -0.05) is 63.1 Å². The fourth-order valence-electron chi connectivity index (χ4n) is 4.54. The predicted molar refractivity (Wildman–Crippen MR) is 143 cm³/mol. The van der Waals surface area contributed by atoms with Crippen molar-refractivity contribution in [3.63, 3.8) is 0 Å². The lowest BCUT2D eigenvalue weighted by molar-refractivity contribution is -0.137. The fourth-order valence-corrected chi connectivity index (χ4v) is 4.54. The van der Waals surface area contributed by atoms with Crippen LogP contribution >= 0.6 is 0 Å². The summed E-state index contributed by atoms with van der Waals surface area (Å²) >= 11 is 0. The van der Waals surface area contributed by atoms with Gasteiger partial charge in [-0.3, -0.25) is 19.4 Å². The van der Waals surface area contributed by atoms with Crippen LogP contribution in [0.5, 0.6) is 0 Å². The molecule has 1 aliphatic rings. The third-order valence-electron chi connectivity index (χ3n) is 6.17. The molecule has 7 nitrogen and oxygen atoms in total. The van der Waals surface area contributed by atoms with Gasteiger partial charge in [-0.25, -0.2) is 8.78 Å². The smallest absolute Gasteiger partial charge is 0.305 e. The maximum atomic E-state index is 14.5. The Morgan fingerprint density at radius 1 is 1.18 bits per heavy atom. The number of nitrogens with one attached hydrogen (secondary N) is 1. The molecule has 0 aromatic heterocycles. The van der Waals surface area contributed by atoms with E-state index in [0.717, 1.165) is 18.1 Å². The van der Waals surface area contributed by atoms with Crippen LogP contribution in [0.3, 0.4) is 0 Å². The highest BCUT2D eigenvalue weighted by atomic mass is 19.2. The highest BCUT2D eigenvalue weighted by Crippen LogP contribution is 2.37. The van der Waals surface area contributed by atoms with Gasteiger partial charge < -0.3 is 15.3 Å². The number of carboxylic acid groups (broad SMARTS) is 1. The van der Waals surface area contributed by atoms with Crippen LogP contribution < -0.4 is 5.32 Å². The number of aryl methyl sites for hydroxylation is 1. The molecule has 1 heterocycles. The van der Waals surface area contributed by atoms with Gasteiger partial charge in [-0.15, -0.1) is 0 Å². The predicted octanol–water partition coefficient (Wildman–Crippen LogP) is 4.90. The number of amides is 2. The molecule has 1 aliphatic heterocycles. The van der Waals surface area contributed by atoms with E-state index >= 15 is 0 Å². The topological polar surface area (TPSA) is 99.1 Å². The van der Waals surface area contributed by atoms with Crippen LogP contribution in [0, 0.1) is 24.5 Å². The van der Waals surface area contributed by atoms with Gasteiger partial charge >= 0.3 is 5.97 Å². The van der Waals surface area contributed by atoms with Gasteiger partial charge in [0, 0.05) is 18.7 Å². The second-order valence-corrected chi connectivity index (χ2v) is 9.80. The first-order valence-electron chi connectivity index (χ1n) is 12.8. The Morgan fingerprint density at radius 2 is 1.87 bits per heavy atom. The van der Waals surface area contributed by atoms with Crippen molar-refractivity contribution in [2.45, 2.75) is 65.5 Å². The summed E-state index contributed by atoms with van der Waals surface area (Å²) in [6.45, 7) is 8.97. The van der Waals surface area contributed by atoms with E-state index in [9.17, 15) is 23.2 Å². The monoisotopic (exact) mass is 529 g/mol. The van der Waals surface area contributed by atoms with Crippen LogP contribution in [0.4, 0.5) is 8.78 Å². The van der Waals surface area contributed by atoms with Crippen LogP contribution in [0.1, 0.15) is 63.1 Å². The summed E-state index contributed by atoms with van der Waals surface area (Å²) in [5.74, 6) is -2.90. The summed E-state index contributed by atoms with van der Waals surface area (Å²) in [4.78, 5) is 39.2. The molecular weight excluding hydrogens is 492 g/mol. The Labute approximate surface area is 223 Å². The number of carbonyl (C=O) groups is 3. The van der Waals surface area contributed by atoms with Gasteiger partial charge in [-0.05, 0) is 49.8 Å².